The topological polar surface area (TPSA) is 102 Å². The normalized spacial score (nSPS) is 26.0. The molecule has 7 heteroatoms. The molecule has 1 heterocycles. The van der Waals surface area contributed by atoms with Crippen LogP contribution in [0, 0.1) is 34.5 Å². The first-order valence-corrected chi connectivity index (χ1v) is 13.6. The third kappa shape index (κ3) is 3.94. The lowest BCUT2D eigenvalue weighted by Gasteiger charge is -2.56. The number of hydrogen-bond donors (Lipinski definition) is 0. The van der Waals surface area contributed by atoms with E-state index in [0.29, 0.717) is 23.3 Å². The zero-order chi connectivity index (χ0) is 26.6. The zero-order valence-electron chi connectivity index (χ0n) is 21.8. The van der Waals surface area contributed by atoms with Gasteiger partial charge >= 0.3 is 5.97 Å². The van der Waals surface area contributed by atoms with Crippen molar-refractivity contribution in [3.05, 3.63) is 47.5 Å². The van der Waals surface area contributed by atoms with E-state index in [9.17, 15) is 14.4 Å². The summed E-state index contributed by atoms with van der Waals surface area (Å²) >= 11 is 0. The monoisotopic (exact) mass is 509 g/mol. The van der Waals surface area contributed by atoms with Gasteiger partial charge in [0, 0.05) is 51.8 Å². The highest BCUT2D eigenvalue weighted by atomic mass is 16.7. The molecule has 4 bridgehead atoms. The highest BCUT2D eigenvalue weighted by Gasteiger charge is 2.54. The van der Waals surface area contributed by atoms with E-state index in [1.165, 1.54) is 26.2 Å². The number of aromatic nitrogens is 1. The molecule has 0 amide bonds. The summed E-state index contributed by atoms with van der Waals surface area (Å²) in [6.45, 7) is 4.00. The smallest absolute Gasteiger partial charge is 0.331 e. The highest BCUT2D eigenvalue weighted by molar-refractivity contribution is 6.46. The van der Waals surface area contributed by atoms with E-state index in [4.69, 9.17) is 5.26 Å². The van der Waals surface area contributed by atoms with Crippen LogP contribution < -0.4 is 0 Å². The number of ketones is 2. The first kappa shape index (κ1) is 24.5. The Labute approximate surface area is 221 Å². The van der Waals surface area contributed by atoms with Gasteiger partial charge in [-0.2, -0.15) is 5.26 Å². The van der Waals surface area contributed by atoms with Crippen LogP contribution in [0.4, 0.5) is 0 Å². The summed E-state index contributed by atoms with van der Waals surface area (Å²) in [5.41, 5.74) is 2.75. The van der Waals surface area contributed by atoms with Crippen molar-refractivity contribution in [1.82, 2.24) is 4.57 Å². The molecule has 0 saturated heterocycles. The minimum Gasteiger partial charge on any atom is -0.341 e. The third-order valence-electron chi connectivity index (χ3n) is 9.02. The summed E-state index contributed by atoms with van der Waals surface area (Å²) in [6.07, 6.45) is 6.67. The Morgan fingerprint density at radius 3 is 2.05 bits per heavy atom. The van der Waals surface area contributed by atoms with Crippen LogP contribution in [-0.2, 0) is 16.2 Å². The van der Waals surface area contributed by atoms with E-state index in [1.807, 2.05) is 30.3 Å². The SMILES string of the molecule is CCn1c2ccc(C(=O)C(CC#N)=NOC(C)=O)cc2c2cc(C(=O)C34CC5CC(CC(C5)C3)C4)ccc21. The summed E-state index contributed by atoms with van der Waals surface area (Å²) < 4.78 is 2.18. The predicted octanol–water partition coefficient (Wildman–Crippen LogP) is 6.23. The van der Waals surface area contributed by atoms with Crippen molar-refractivity contribution < 1.29 is 19.2 Å². The van der Waals surface area contributed by atoms with Gasteiger partial charge in [0.05, 0.1) is 12.5 Å². The van der Waals surface area contributed by atoms with E-state index in [2.05, 4.69) is 21.5 Å². The quantitative estimate of drug-likeness (QED) is 0.163. The van der Waals surface area contributed by atoms with Gasteiger partial charge in [0.2, 0.25) is 5.78 Å². The van der Waals surface area contributed by atoms with Gasteiger partial charge in [-0.1, -0.05) is 5.16 Å². The van der Waals surface area contributed by atoms with Crippen LogP contribution in [0.1, 0.15) is 79.5 Å². The molecule has 4 aliphatic rings. The number of nitrogens with zero attached hydrogens (tertiary/aromatic N) is 3. The van der Waals surface area contributed by atoms with Crippen LogP contribution in [-0.4, -0.2) is 27.8 Å². The van der Waals surface area contributed by atoms with Crippen LogP contribution in [0.3, 0.4) is 0 Å². The second-order valence-electron chi connectivity index (χ2n) is 11.5. The van der Waals surface area contributed by atoms with Crippen LogP contribution in [0.25, 0.3) is 21.8 Å². The highest BCUT2D eigenvalue weighted by Crippen LogP contribution is 2.61. The molecule has 4 saturated carbocycles. The maximum Gasteiger partial charge on any atom is 0.331 e. The van der Waals surface area contributed by atoms with E-state index in [-0.39, 0.29) is 23.3 Å². The van der Waals surface area contributed by atoms with Gasteiger partial charge in [0.15, 0.2) is 5.78 Å². The second kappa shape index (κ2) is 9.20. The van der Waals surface area contributed by atoms with Crippen molar-refractivity contribution in [2.75, 3.05) is 0 Å². The Bertz CT molecular complexity index is 1540. The molecule has 194 valence electrons. The zero-order valence-corrected chi connectivity index (χ0v) is 21.8. The van der Waals surface area contributed by atoms with Gasteiger partial charge in [-0.3, -0.25) is 9.59 Å². The number of carbonyl (C=O) groups excluding carboxylic acids is 3. The average molecular weight is 510 g/mol. The third-order valence-corrected chi connectivity index (χ3v) is 9.02. The molecule has 7 rings (SSSR count). The maximum absolute atomic E-state index is 14.1. The van der Waals surface area contributed by atoms with Gasteiger partial charge in [-0.05, 0) is 99.6 Å². The van der Waals surface area contributed by atoms with Crippen LogP contribution >= 0.6 is 0 Å². The molecule has 0 unspecified atom stereocenters. The van der Waals surface area contributed by atoms with Crippen molar-refractivity contribution in [3.63, 3.8) is 0 Å². The fourth-order valence-electron chi connectivity index (χ4n) is 7.94. The second-order valence-corrected chi connectivity index (χ2v) is 11.5. The lowest BCUT2D eigenvalue weighted by atomic mass is 9.48. The molecular weight excluding hydrogens is 478 g/mol. The number of aryl methyl sites for hydroxylation is 1. The summed E-state index contributed by atoms with van der Waals surface area (Å²) in [7, 11) is 0. The number of Topliss-reactive ketones (excluding diaryl/α,β-unsaturated/α-hetero) is 2. The molecule has 7 nitrogen and oxygen atoms in total. The molecule has 0 aliphatic heterocycles. The van der Waals surface area contributed by atoms with Crippen molar-refractivity contribution >= 4 is 45.1 Å². The van der Waals surface area contributed by atoms with Crippen molar-refractivity contribution in [3.8, 4) is 6.07 Å². The summed E-state index contributed by atoms with van der Waals surface area (Å²) in [5.74, 6) is 1.24. The molecule has 3 aromatic rings. The van der Waals surface area contributed by atoms with Crippen molar-refractivity contribution in [2.45, 2.75) is 65.3 Å². The summed E-state index contributed by atoms with van der Waals surface area (Å²) in [5, 5.41) is 14.6. The number of carbonyl (C=O) groups is 3. The molecule has 0 spiro atoms. The molecule has 0 radical (unpaired) electrons. The molecule has 0 N–H and O–H groups in total. The Balaban J connectivity index is 1.42. The molecule has 38 heavy (non-hydrogen) atoms. The van der Waals surface area contributed by atoms with Gasteiger partial charge < -0.3 is 9.40 Å². The Morgan fingerprint density at radius 2 is 1.53 bits per heavy atom. The summed E-state index contributed by atoms with van der Waals surface area (Å²) in [6, 6.07) is 13.3. The van der Waals surface area contributed by atoms with Gasteiger partial charge in [-0.15, -0.1) is 0 Å². The average Bonchev–Trinajstić information content (AvgIpc) is 3.21. The fourth-order valence-corrected chi connectivity index (χ4v) is 7.94. The molecule has 4 fully saturated rings. The molecular formula is C31H31N3O4. The van der Waals surface area contributed by atoms with Gasteiger partial charge in [0.25, 0.3) is 0 Å². The first-order valence-electron chi connectivity index (χ1n) is 13.6. The lowest BCUT2D eigenvalue weighted by Crippen LogP contribution is -2.50. The standard InChI is InChI=1S/C31H31N3O4/c1-3-34-27-6-4-22(29(36)26(8-9-32)33-38-18(2)35)13-24(27)25-14-23(5-7-28(25)34)30(37)31-15-19-10-20(16-31)12-21(11-19)17-31/h4-7,13-14,19-21H,3,8,10-12,15-17H2,1-2H3. The molecule has 4 aliphatic carbocycles. The van der Waals surface area contributed by atoms with Gasteiger partial charge in [0.1, 0.15) is 5.71 Å². The number of rotatable bonds is 7. The van der Waals surface area contributed by atoms with E-state index >= 15 is 0 Å². The number of benzene rings is 2. The maximum atomic E-state index is 14.1. The predicted molar refractivity (Wildman–Crippen MR) is 144 cm³/mol. The largest absolute Gasteiger partial charge is 0.341 e. The number of nitriles is 1. The molecule has 2 aromatic carbocycles. The number of oxime groups is 1. The van der Waals surface area contributed by atoms with Gasteiger partial charge in [-0.25, -0.2) is 4.79 Å². The van der Waals surface area contributed by atoms with Crippen molar-refractivity contribution in [1.29, 1.82) is 5.26 Å². The van der Waals surface area contributed by atoms with Crippen LogP contribution in [0.15, 0.2) is 41.6 Å². The van der Waals surface area contributed by atoms with Crippen LogP contribution in [0.5, 0.6) is 0 Å². The Morgan fingerprint density at radius 1 is 0.974 bits per heavy atom. The van der Waals surface area contributed by atoms with E-state index in [0.717, 1.165) is 53.2 Å². The molecule has 0 atom stereocenters. The number of hydrogen-bond acceptors (Lipinski definition) is 6. The molecule has 1 aromatic heterocycles. The van der Waals surface area contributed by atoms with E-state index in [1.54, 1.807) is 12.1 Å². The van der Waals surface area contributed by atoms with E-state index < -0.39 is 11.8 Å². The first-order chi connectivity index (χ1) is 18.3. The lowest BCUT2D eigenvalue weighted by molar-refractivity contribution is -0.140. The summed E-state index contributed by atoms with van der Waals surface area (Å²) in [4.78, 5) is 43.1. The fraction of sp³-hybridized carbons (Fsp3) is 0.452. The minimum absolute atomic E-state index is 0.126. The van der Waals surface area contributed by atoms with Crippen molar-refractivity contribution in [2.24, 2.45) is 28.3 Å². The Hall–Kier alpha value is -3.79. The number of fused-ring (bicyclic) bond motifs is 3. The van der Waals surface area contributed by atoms with Crippen LogP contribution in [0.2, 0.25) is 0 Å². The Kier molecular flexibility index (Phi) is 5.94. The minimum atomic E-state index is -0.661.